The number of nitriles is 1. The highest BCUT2D eigenvalue weighted by Crippen LogP contribution is 2.42. The average Bonchev–Trinajstić information content (AvgIpc) is 3.21. The number of nitrogens with zero attached hydrogens (tertiary/aromatic N) is 2. The van der Waals surface area contributed by atoms with Crippen molar-refractivity contribution in [3.05, 3.63) is 53.6 Å². The second kappa shape index (κ2) is 10.9. The largest absolute Gasteiger partial charge is 0.490 e. The fraction of sp³-hybridized carbons (Fsp3) is 0.280. The van der Waals surface area contributed by atoms with Gasteiger partial charge in [-0.15, -0.1) is 6.42 Å². The number of likely N-dealkylation sites (N-methyl/N-ethyl adjacent to an activating group) is 1. The van der Waals surface area contributed by atoms with Gasteiger partial charge in [0.05, 0.1) is 18.4 Å². The number of ether oxygens (including phenoxy) is 3. The molecule has 0 saturated carbocycles. The van der Waals surface area contributed by atoms with Gasteiger partial charge in [0.25, 0.3) is 0 Å². The van der Waals surface area contributed by atoms with Crippen LogP contribution in [0.25, 0.3) is 6.08 Å². The molecule has 1 atom stereocenters. The molecule has 1 unspecified atom stereocenters. The van der Waals surface area contributed by atoms with E-state index in [1.807, 2.05) is 7.05 Å². The topological polar surface area (TPSA) is 83.8 Å². The lowest BCUT2D eigenvalue weighted by Crippen LogP contribution is -2.22. The summed E-state index contributed by atoms with van der Waals surface area (Å²) in [7, 11) is 3.57. The van der Waals surface area contributed by atoms with Gasteiger partial charge in [-0.1, -0.05) is 18.1 Å². The summed E-state index contributed by atoms with van der Waals surface area (Å²) in [6.07, 6.45) is 9.22. The van der Waals surface area contributed by atoms with E-state index in [0.29, 0.717) is 34.1 Å². The molecule has 0 aliphatic carbocycles. The van der Waals surface area contributed by atoms with Gasteiger partial charge in [-0.3, -0.25) is 4.79 Å². The van der Waals surface area contributed by atoms with Gasteiger partial charge >= 0.3 is 0 Å². The summed E-state index contributed by atoms with van der Waals surface area (Å²) in [5, 5.41) is 11.9. The second-order valence-corrected chi connectivity index (χ2v) is 7.28. The fourth-order valence-electron chi connectivity index (χ4n) is 3.43. The van der Waals surface area contributed by atoms with Crippen molar-refractivity contribution in [2.75, 3.05) is 39.2 Å². The van der Waals surface area contributed by atoms with Crippen molar-refractivity contribution in [3.8, 4) is 35.7 Å². The van der Waals surface area contributed by atoms with Crippen LogP contribution in [0.4, 0.5) is 5.69 Å². The Morgan fingerprint density at radius 1 is 1.31 bits per heavy atom. The quantitative estimate of drug-likeness (QED) is 0.510. The molecule has 0 spiro atoms. The predicted molar refractivity (Wildman–Crippen MR) is 123 cm³/mol. The molecule has 7 nitrogen and oxygen atoms in total. The molecule has 0 aromatic heterocycles. The maximum atomic E-state index is 12.5. The summed E-state index contributed by atoms with van der Waals surface area (Å²) in [6.45, 7) is 1.82. The highest BCUT2D eigenvalue weighted by atomic mass is 16.5. The number of nitrogens with one attached hydrogen (secondary N) is 1. The Kier molecular flexibility index (Phi) is 7.75. The normalized spacial score (nSPS) is 15.7. The van der Waals surface area contributed by atoms with Crippen LogP contribution in [0.3, 0.4) is 0 Å². The maximum absolute atomic E-state index is 12.5. The lowest BCUT2D eigenvalue weighted by atomic mass is 10.1. The molecule has 164 valence electrons. The number of carbonyl (C=O) groups excluding carboxylic acids is 1. The zero-order valence-corrected chi connectivity index (χ0v) is 18.1. The lowest BCUT2D eigenvalue weighted by Gasteiger charge is -2.20. The first kappa shape index (κ1) is 22.7. The summed E-state index contributed by atoms with van der Waals surface area (Å²) in [5.41, 5.74) is 1.50. The summed E-state index contributed by atoms with van der Waals surface area (Å²) >= 11 is 0. The van der Waals surface area contributed by atoms with Crippen molar-refractivity contribution < 1.29 is 19.0 Å². The average molecular weight is 431 g/mol. The van der Waals surface area contributed by atoms with Gasteiger partial charge in [0.1, 0.15) is 18.8 Å². The van der Waals surface area contributed by atoms with E-state index in [0.717, 1.165) is 19.5 Å². The number of likely N-dealkylation sites (tertiary alicyclic amines) is 1. The number of benzene rings is 2. The van der Waals surface area contributed by atoms with Gasteiger partial charge in [0, 0.05) is 24.7 Å². The molecule has 0 bridgehead atoms. The van der Waals surface area contributed by atoms with Gasteiger partial charge in [0.15, 0.2) is 11.5 Å². The van der Waals surface area contributed by atoms with Crippen LogP contribution in [0.2, 0.25) is 0 Å². The smallest absolute Gasteiger partial charge is 0.248 e. The van der Waals surface area contributed by atoms with Gasteiger partial charge in [0.2, 0.25) is 11.7 Å². The molecular weight excluding hydrogens is 406 g/mol. The minimum absolute atomic E-state index is 0.0136. The number of para-hydroxylation sites is 1. The summed E-state index contributed by atoms with van der Waals surface area (Å²) in [6, 6.07) is 12.4. The number of hydrogen-bond donors (Lipinski definition) is 1. The van der Waals surface area contributed by atoms with Crippen molar-refractivity contribution in [2.45, 2.75) is 12.5 Å². The number of methoxy groups -OCH3 is 1. The van der Waals surface area contributed by atoms with Crippen molar-refractivity contribution in [1.82, 2.24) is 4.90 Å². The second-order valence-electron chi connectivity index (χ2n) is 7.28. The Balaban J connectivity index is 1.87. The van der Waals surface area contributed by atoms with E-state index in [1.54, 1.807) is 42.5 Å². The minimum atomic E-state index is -0.370. The number of amides is 1. The SMILES string of the molecule is C#CCOc1ccc(/C=C/C(=O)Nc2ccccc2C#N)c(OC2CCN(C)C2)c1OC. The van der Waals surface area contributed by atoms with Crippen LogP contribution in [0.1, 0.15) is 17.5 Å². The third-order valence-electron chi connectivity index (χ3n) is 4.97. The molecule has 0 radical (unpaired) electrons. The van der Waals surface area contributed by atoms with Crippen LogP contribution < -0.4 is 19.5 Å². The van der Waals surface area contributed by atoms with Crippen molar-refractivity contribution >= 4 is 17.7 Å². The van der Waals surface area contributed by atoms with Crippen LogP contribution >= 0.6 is 0 Å². The Hall–Kier alpha value is -3.94. The maximum Gasteiger partial charge on any atom is 0.248 e. The molecule has 2 aromatic rings. The Labute approximate surface area is 188 Å². The Bertz CT molecular complexity index is 1080. The van der Waals surface area contributed by atoms with Crippen LogP contribution in [0.5, 0.6) is 17.2 Å². The molecule has 3 rings (SSSR count). The van der Waals surface area contributed by atoms with E-state index < -0.39 is 0 Å². The minimum Gasteiger partial charge on any atom is -0.490 e. The summed E-state index contributed by atoms with van der Waals surface area (Å²) in [4.78, 5) is 14.7. The number of rotatable bonds is 8. The zero-order valence-electron chi connectivity index (χ0n) is 18.1. The monoisotopic (exact) mass is 431 g/mol. The van der Waals surface area contributed by atoms with Crippen LogP contribution in [0, 0.1) is 23.7 Å². The summed E-state index contributed by atoms with van der Waals surface area (Å²) < 4.78 is 17.5. The molecule has 1 amide bonds. The third-order valence-corrected chi connectivity index (χ3v) is 4.97. The van der Waals surface area contributed by atoms with E-state index in [4.69, 9.17) is 20.6 Å². The molecule has 1 fully saturated rings. The van der Waals surface area contributed by atoms with Crippen molar-refractivity contribution in [3.63, 3.8) is 0 Å². The van der Waals surface area contributed by atoms with Gasteiger partial charge in [-0.2, -0.15) is 5.26 Å². The van der Waals surface area contributed by atoms with E-state index in [-0.39, 0.29) is 18.6 Å². The van der Waals surface area contributed by atoms with Gasteiger partial charge in [-0.05, 0) is 43.8 Å². The Morgan fingerprint density at radius 3 is 2.81 bits per heavy atom. The first-order valence-corrected chi connectivity index (χ1v) is 10.2. The summed E-state index contributed by atoms with van der Waals surface area (Å²) in [5.74, 6) is 3.45. The van der Waals surface area contributed by atoms with Gasteiger partial charge in [-0.25, -0.2) is 0 Å². The first-order valence-electron chi connectivity index (χ1n) is 10.2. The number of carbonyl (C=O) groups is 1. The molecule has 32 heavy (non-hydrogen) atoms. The standard InChI is InChI=1S/C25H25N3O4/c1-4-15-31-22-11-9-18(24(25(22)30-3)32-20-13-14-28(2)17-20)10-12-23(29)27-21-8-6-5-7-19(21)16-26/h1,5-12,20H,13-15,17H2,2-3H3,(H,27,29)/b12-10+. The molecule has 1 aliphatic rings. The van der Waals surface area contributed by atoms with Crippen molar-refractivity contribution in [2.24, 2.45) is 0 Å². The molecule has 1 saturated heterocycles. The molecule has 7 heteroatoms. The fourth-order valence-corrected chi connectivity index (χ4v) is 3.43. The van der Waals surface area contributed by atoms with Crippen LogP contribution in [0.15, 0.2) is 42.5 Å². The molecular formula is C25H25N3O4. The third kappa shape index (κ3) is 5.60. The number of hydrogen-bond acceptors (Lipinski definition) is 6. The van der Waals surface area contributed by atoms with Gasteiger partial charge < -0.3 is 24.4 Å². The highest BCUT2D eigenvalue weighted by Gasteiger charge is 2.25. The van der Waals surface area contributed by atoms with Crippen LogP contribution in [-0.2, 0) is 4.79 Å². The van der Waals surface area contributed by atoms with Crippen molar-refractivity contribution in [1.29, 1.82) is 5.26 Å². The van der Waals surface area contributed by atoms with E-state index >= 15 is 0 Å². The first-order chi connectivity index (χ1) is 15.5. The molecule has 1 heterocycles. The lowest BCUT2D eigenvalue weighted by molar-refractivity contribution is -0.111. The molecule has 1 N–H and O–H groups in total. The van der Waals surface area contributed by atoms with Crippen LogP contribution in [-0.4, -0.2) is 50.8 Å². The zero-order chi connectivity index (χ0) is 22.9. The van der Waals surface area contributed by atoms with E-state index in [2.05, 4.69) is 22.2 Å². The molecule has 2 aromatic carbocycles. The van der Waals surface area contributed by atoms with E-state index in [9.17, 15) is 10.1 Å². The van der Waals surface area contributed by atoms with E-state index in [1.165, 1.54) is 13.2 Å². The predicted octanol–water partition coefficient (Wildman–Crippen LogP) is 3.31. The highest BCUT2D eigenvalue weighted by molar-refractivity contribution is 6.02. The molecule has 1 aliphatic heterocycles. The number of anilines is 1. The number of terminal acetylenes is 1. The Morgan fingerprint density at radius 2 is 2.12 bits per heavy atom.